The zero-order chi connectivity index (χ0) is 14.7. The Morgan fingerprint density at radius 2 is 1.90 bits per heavy atom. The van der Waals surface area contributed by atoms with Crippen LogP contribution in [0.2, 0.25) is 0 Å². The minimum atomic E-state index is 0.756. The second kappa shape index (κ2) is 6.10. The van der Waals surface area contributed by atoms with E-state index in [1.165, 1.54) is 0 Å². The maximum absolute atomic E-state index is 6.00. The highest BCUT2D eigenvalue weighted by Gasteiger charge is 2.19. The fraction of sp³-hybridized carbons (Fsp3) is 0.375. The van der Waals surface area contributed by atoms with Crippen LogP contribution in [0.25, 0.3) is 0 Å². The van der Waals surface area contributed by atoms with Crippen LogP contribution in [-0.2, 0) is 6.54 Å². The van der Waals surface area contributed by atoms with Crippen molar-refractivity contribution in [3.8, 4) is 0 Å². The Morgan fingerprint density at radius 3 is 2.62 bits per heavy atom. The van der Waals surface area contributed by atoms with Crippen molar-refractivity contribution in [2.24, 2.45) is 0 Å². The van der Waals surface area contributed by atoms with Crippen molar-refractivity contribution in [3.63, 3.8) is 0 Å². The number of nitrogen functional groups attached to an aromatic ring is 1. The van der Waals surface area contributed by atoms with Crippen LogP contribution in [0.5, 0.6) is 0 Å². The summed E-state index contributed by atoms with van der Waals surface area (Å²) in [6, 6.07) is 9.98. The topological polar surface area (TPSA) is 58.3 Å². The number of aromatic nitrogens is 2. The van der Waals surface area contributed by atoms with Crippen LogP contribution in [0.3, 0.4) is 0 Å². The number of hydrogen-bond acceptors (Lipinski definition) is 5. The summed E-state index contributed by atoms with van der Waals surface area (Å²) >= 11 is 0. The quantitative estimate of drug-likeness (QED) is 0.929. The van der Waals surface area contributed by atoms with Crippen LogP contribution in [0.1, 0.15) is 11.4 Å². The average Bonchev–Trinajstić information content (AvgIpc) is 2.49. The molecule has 0 spiro atoms. The number of anilines is 2. The molecular weight excluding hydrogens is 262 g/mol. The van der Waals surface area contributed by atoms with Crippen LogP contribution in [-0.4, -0.2) is 41.0 Å². The molecule has 0 saturated carbocycles. The van der Waals surface area contributed by atoms with Gasteiger partial charge in [-0.3, -0.25) is 9.88 Å². The molecule has 1 fully saturated rings. The molecule has 1 saturated heterocycles. The standard InChI is InChI=1S/C16H21N5/c1-13-4-2-5-14(19-13)12-20-8-10-21(11-9-20)16-15(17)6-3-7-18-16/h2-7H,8-12,17H2,1H3. The van der Waals surface area contributed by atoms with Crippen LogP contribution < -0.4 is 10.6 Å². The third-order valence-electron chi connectivity index (χ3n) is 3.82. The minimum Gasteiger partial charge on any atom is -0.396 e. The van der Waals surface area contributed by atoms with E-state index in [2.05, 4.69) is 31.9 Å². The fourth-order valence-corrected chi connectivity index (χ4v) is 2.71. The van der Waals surface area contributed by atoms with Crippen molar-refractivity contribution in [1.29, 1.82) is 0 Å². The Bertz CT molecular complexity index is 605. The van der Waals surface area contributed by atoms with E-state index >= 15 is 0 Å². The Labute approximate surface area is 125 Å². The van der Waals surface area contributed by atoms with Crippen LogP contribution >= 0.6 is 0 Å². The second-order valence-corrected chi connectivity index (χ2v) is 5.45. The molecule has 3 rings (SSSR count). The summed E-state index contributed by atoms with van der Waals surface area (Å²) in [5.74, 6) is 0.908. The highest BCUT2D eigenvalue weighted by atomic mass is 15.3. The maximum Gasteiger partial charge on any atom is 0.151 e. The van der Waals surface area contributed by atoms with E-state index in [1.807, 2.05) is 25.1 Å². The molecule has 0 bridgehead atoms. The largest absolute Gasteiger partial charge is 0.396 e. The second-order valence-electron chi connectivity index (χ2n) is 5.45. The van der Waals surface area contributed by atoms with Crippen LogP contribution in [0.15, 0.2) is 36.5 Å². The van der Waals surface area contributed by atoms with Crippen molar-refractivity contribution in [2.45, 2.75) is 13.5 Å². The molecule has 0 amide bonds. The summed E-state index contributed by atoms with van der Waals surface area (Å²) < 4.78 is 0. The van der Waals surface area contributed by atoms with E-state index in [0.29, 0.717) is 0 Å². The van der Waals surface area contributed by atoms with Gasteiger partial charge in [0.05, 0.1) is 11.4 Å². The van der Waals surface area contributed by atoms with Gasteiger partial charge in [0.2, 0.25) is 0 Å². The molecule has 21 heavy (non-hydrogen) atoms. The summed E-state index contributed by atoms with van der Waals surface area (Å²) in [6.45, 7) is 6.86. The Kier molecular flexibility index (Phi) is 4.01. The molecule has 0 aromatic carbocycles. The van der Waals surface area contributed by atoms with Gasteiger partial charge in [0.1, 0.15) is 0 Å². The molecule has 5 heteroatoms. The zero-order valence-corrected chi connectivity index (χ0v) is 12.4. The first-order valence-corrected chi connectivity index (χ1v) is 7.33. The van der Waals surface area contributed by atoms with Gasteiger partial charge in [-0.25, -0.2) is 4.98 Å². The lowest BCUT2D eigenvalue weighted by Gasteiger charge is -2.35. The van der Waals surface area contributed by atoms with Gasteiger partial charge in [0, 0.05) is 44.6 Å². The van der Waals surface area contributed by atoms with Gasteiger partial charge in [0.15, 0.2) is 5.82 Å². The monoisotopic (exact) mass is 283 g/mol. The summed E-state index contributed by atoms with van der Waals surface area (Å²) in [6.07, 6.45) is 1.80. The van der Waals surface area contributed by atoms with Gasteiger partial charge in [-0.15, -0.1) is 0 Å². The summed E-state index contributed by atoms with van der Waals surface area (Å²) in [7, 11) is 0. The predicted octanol–water partition coefficient (Wildman–Crippen LogP) is 1.69. The van der Waals surface area contributed by atoms with Gasteiger partial charge >= 0.3 is 0 Å². The number of rotatable bonds is 3. The number of aryl methyl sites for hydroxylation is 1. The number of nitrogens with zero attached hydrogens (tertiary/aromatic N) is 4. The van der Waals surface area contributed by atoms with E-state index in [1.54, 1.807) is 6.20 Å². The molecular formula is C16H21N5. The highest BCUT2D eigenvalue weighted by Crippen LogP contribution is 2.20. The predicted molar refractivity (Wildman–Crippen MR) is 85.1 cm³/mol. The Balaban J connectivity index is 1.59. The summed E-state index contributed by atoms with van der Waals surface area (Å²) in [4.78, 5) is 13.7. The first-order valence-electron chi connectivity index (χ1n) is 7.33. The molecule has 1 aliphatic rings. The average molecular weight is 283 g/mol. The first kappa shape index (κ1) is 13.8. The molecule has 2 aromatic rings. The molecule has 110 valence electrons. The lowest BCUT2D eigenvalue weighted by atomic mass is 10.2. The maximum atomic E-state index is 6.00. The molecule has 2 N–H and O–H groups in total. The van der Waals surface area contributed by atoms with Crippen molar-refractivity contribution in [3.05, 3.63) is 47.9 Å². The van der Waals surface area contributed by atoms with Gasteiger partial charge < -0.3 is 10.6 Å². The lowest BCUT2D eigenvalue weighted by molar-refractivity contribution is 0.246. The molecule has 2 aromatic heterocycles. The summed E-state index contributed by atoms with van der Waals surface area (Å²) in [5, 5.41) is 0. The number of hydrogen-bond donors (Lipinski definition) is 1. The van der Waals surface area contributed by atoms with Crippen molar-refractivity contribution in [1.82, 2.24) is 14.9 Å². The molecule has 3 heterocycles. The van der Waals surface area contributed by atoms with Crippen molar-refractivity contribution >= 4 is 11.5 Å². The van der Waals surface area contributed by atoms with E-state index in [0.717, 1.165) is 55.6 Å². The Morgan fingerprint density at radius 1 is 1.10 bits per heavy atom. The fourth-order valence-electron chi connectivity index (χ4n) is 2.71. The highest BCUT2D eigenvalue weighted by molar-refractivity contribution is 5.62. The van der Waals surface area contributed by atoms with Crippen molar-refractivity contribution < 1.29 is 0 Å². The van der Waals surface area contributed by atoms with Gasteiger partial charge in [-0.2, -0.15) is 0 Å². The molecule has 0 atom stereocenters. The molecule has 0 unspecified atom stereocenters. The summed E-state index contributed by atoms with van der Waals surface area (Å²) in [5.41, 5.74) is 8.97. The molecule has 5 nitrogen and oxygen atoms in total. The first-order chi connectivity index (χ1) is 10.2. The van der Waals surface area contributed by atoms with Gasteiger partial charge in [-0.1, -0.05) is 6.07 Å². The third-order valence-corrected chi connectivity index (χ3v) is 3.82. The van der Waals surface area contributed by atoms with Gasteiger partial charge in [-0.05, 0) is 31.2 Å². The minimum absolute atomic E-state index is 0.756. The number of nitrogens with two attached hydrogens (primary N) is 1. The van der Waals surface area contributed by atoms with Gasteiger partial charge in [0.25, 0.3) is 0 Å². The number of pyridine rings is 2. The number of piperazine rings is 1. The van der Waals surface area contributed by atoms with Crippen molar-refractivity contribution in [2.75, 3.05) is 36.8 Å². The molecule has 1 aliphatic heterocycles. The van der Waals surface area contributed by atoms with Crippen LogP contribution in [0.4, 0.5) is 11.5 Å². The van der Waals surface area contributed by atoms with E-state index in [9.17, 15) is 0 Å². The molecule has 0 aliphatic carbocycles. The molecule has 0 radical (unpaired) electrons. The third kappa shape index (κ3) is 3.31. The lowest BCUT2D eigenvalue weighted by Crippen LogP contribution is -2.46. The zero-order valence-electron chi connectivity index (χ0n) is 12.4. The Hall–Kier alpha value is -2.14. The van der Waals surface area contributed by atoms with E-state index < -0.39 is 0 Å². The normalized spacial score (nSPS) is 16.1. The van der Waals surface area contributed by atoms with Crippen LogP contribution in [0, 0.1) is 6.92 Å². The SMILES string of the molecule is Cc1cccc(CN2CCN(c3ncccc3N)CC2)n1. The smallest absolute Gasteiger partial charge is 0.151 e. The van der Waals surface area contributed by atoms with E-state index in [-0.39, 0.29) is 0 Å². The van der Waals surface area contributed by atoms with E-state index in [4.69, 9.17) is 5.73 Å².